The minimum Gasteiger partial charge on any atom is -0.462 e. The molecule has 0 saturated heterocycles. The van der Waals surface area contributed by atoms with Crippen molar-refractivity contribution in [2.75, 3.05) is 11.9 Å². The minimum atomic E-state index is -0.860. The van der Waals surface area contributed by atoms with Crippen molar-refractivity contribution in [3.8, 4) is 0 Å². The normalized spacial score (nSPS) is 10.5. The average Bonchev–Trinajstić information content (AvgIpc) is 2.75. The number of carbonyl (C=O) groups excluding carboxylic acids is 1. The van der Waals surface area contributed by atoms with Crippen LogP contribution in [0.3, 0.4) is 0 Å². The molecular formula is C13H11ClF2N2O2S. The highest BCUT2D eigenvalue weighted by molar-refractivity contribution is 7.10. The first-order valence-corrected chi connectivity index (χ1v) is 7.14. The lowest BCUT2D eigenvalue weighted by atomic mass is 10.2. The quantitative estimate of drug-likeness (QED) is 0.848. The van der Waals surface area contributed by atoms with Gasteiger partial charge in [-0.25, -0.2) is 13.6 Å². The number of hydrogen-bond donors (Lipinski definition) is 1. The van der Waals surface area contributed by atoms with E-state index < -0.39 is 17.6 Å². The zero-order chi connectivity index (χ0) is 15.6. The predicted molar refractivity (Wildman–Crippen MR) is 77.5 cm³/mol. The lowest BCUT2D eigenvalue weighted by molar-refractivity contribution is 0.0527. The van der Waals surface area contributed by atoms with Crippen LogP contribution < -0.4 is 5.32 Å². The number of nitrogens with one attached hydrogen (secondary N) is 1. The van der Waals surface area contributed by atoms with Crippen molar-refractivity contribution >= 4 is 39.8 Å². The van der Waals surface area contributed by atoms with Gasteiger partial charge in [-0.05, 0) is 31.4 Å². The van der Waals surface area contributed by atoms with Crippen LogP contribution in [0.15, 0.2) is 12.1 Å². The molecule has 0 unspecified atom stereocenters. The molecule has 1 aromatic carbocycles. The fourth-order valence-corrected chi connectivity index (χ4v) is 2.71. The maximum Gasteiger partial charge on any atom is 0.343 e. The fourth-order valence-electron chi connectivity index (χ4n) is 1.67. The molecule has 8 heteroatoms. The van der Waals surface area contributed by atoms with Gasteiger partial charge in [-0.2, -0.15) is 4.37 Å². The van der Waals surface area contributed by atoms with E-state index in [0.29, 0.717) is 16.8 Å². The largest absolute Gasteiger partial charge is 0.462 e. The topological polar surface area (TPSA) is 51.2 Å². The van der Waals surface area contributed by atoms with Crippen molar-refractivity contribution in [2.24, 2.45) is 0 Å². The van der Waals surface area contributed by atoms with Crippen LogP contribution in [0, 0.1) is 18.6 Å². The molecule has 0 amide bonds. The highest BCUT2D eigenvalue weighted by Crippen LogP contribution is 2.34. The summed E-state index contributed by atoms with van der Waals surface area (Å²) in [5.41, 5.74) is 0.550. The van der Waals surface area contributed by atoms with Crippen molar-refractivity contribution in [3.63, 3.8) is 0 Å². The molecule has 112 valence electrons. The van der Waals surface area contributed by atoms with Crippen LogP contribution in [-0.4, -0.2) is 16.9 Å². The standard InChI is InChI=1S/C13H11ClF2N2O2S/c1-3-20-13(19)10-6(2)18-21-12(10)17-11-8(14)4-7(15)5-9(11)16/h4-5,17H,3H2,1-2H3. The molecule has 2 aromatic rings. The first-order chi connectivity index (χ1) is 9.93. The van der Waals surface area contributed by atoms with Crippen LogP contribution in [0.4, 0.5) is 19.5 Å². The lowest BCUT2D eigenvalue weighted by Gasteiger charge is -2.09. The van der Waals surface area contributed by atoms with E-state index in [9.17, 15) is 13.6 Å². The molecule has 1 aromatic heterocycles. The minimum absolute atomic E-state index is 0.118. The number of rotatable bonds is 4. The third kappa shape index (κ3) is 3.30. The monoisotopic (exact) mass is 332 g/mol. The number of nitrogens with zero attached hydrogens (tertiary/aromatic N) is 1. The van der Waals surface area contributed by atoms with Crippen LogP contribution in [0.2, 0.25) is 5.02 Å². The molecule has 0 aliphatic heterocycles. The van der Waals surface area contributed by atoms with Crippen molar-refractivity contribution in [2.45, 2.75) is 13.8 Å². The Hall–Kier alpha value is -1.73. The Morgan fingerprint density at radius 1 is 1.48 bits per heavy atom. The summed E-state index contributed by atoms with van der Waals surface area (Å²) in [5.74, 6) is -2.21. The van der Waals surface area contributed by atoms with Gasteiger partial charge in [-0.1, -0.05) is 11.6 Å². The second kappa shape index (κ2) is 6.36. The second-order valence-corrected chi connectivity index (χ2v) is 5.24. The van der Waals surface area contributed by atoms with Gasteiger partial charge in [-0.3, -0.25) is 0 Å². The summed E-state index contributed by atoms with van der Waals surface area (Å²) in [6, 6.07) is 1.68. The smallest absolute Gasteiger partial charge is 0.343 e. The molecule has 0 saturated carbocycles. The summed E-state index contributed by atoms with van der Waals surface area (Å²) in [6.07, 6.45) is 0. The van der Waals surface area contributed by atoms with Gasteiger partial charge in [0.1, 0.15) is 16.4 Å². The zero-order valence-electron chi connectivity index (χ0n) is 11.2. The maximum absolute atomic E-state index is 13.8. The van der Waals surface area contributed by atoms with E-state index in [1.54, 1.807) is 13.8 Å². The van der Waals surface area contributed by atoms with Crippen molar-refractivity contribution in [1.82, 2.24) is 4.37 Å². The first-order valence-electron chi connectivity index (χ1n) is 5.99. The molecule has 1 heterocycles. The molecule has 0 aliphatic rings. The van der Waals surface area contributed by atoms with E-state index in [1.807, 2.05) is 0 Å². The number of hydrogen-bond acceptors (Lipinski definition) is 5. The Balaban J connectivity index is 2.39. The molecular weight excluding hydrogens is 322 g/mol. The van der Waals surface area contributed by atoms with E-state index >= 15 is 0 Å². The maximum atomic E-state index is 13.8. The predicted octanol–water partition coefficient (Wildman–Crippen LogP) is 4.30. The molecule has 0 aliphatic carbocycles. The molecule has 21 heavy (non-hydrogen) atoms. The van der Waals surface area contributed by atoms with Crippen molar-refractivity contribution in [1.29, 1.82) is 0 Å². The molecule has 0 atom stereocenters. The number of carbonyl (C=O) groups is 1. The summed E-state index contributed by atoms with van der Waals surface area (Å²) < 4.78 is 35.7. The molecule has 0 spiro atoms. The van der Waals surface area contributed by atoms with Gasteiger partial charge in [-0.15, -0.1) is 0 Å². The molecule has 0 bridgehead atoms. The second-order valence-electron chi connectivity index (χ2n) is 4.06. The van der Waals surface area contributed by atoms with E-state index in [4.69, 9.17) is 16.3 Å². The zero-order valence-corrected chi connectivity index (χ0v) is 12.7. The number of anilines is 2. The highest BCUT2D eigenvalue weighted by atomic mass is 35.5. The summed E-state index contributed by atoms with van der Waals surface area (Å²) in [5, 5.41) is 2.84. The average molecular weight is 333 g/mol. The van der Waals surface area contributed by atoms with Gasteiger partial charge < -0.3 is 10.1 Å². The summed E-state index contributed by atoms with van der Waals surface area (Å²) >= 11 is 6.78. The Bertz CT molecular complexity index is 668. The third-order valence-electron chi connectivity index (χ3n) is 2.59. The number of ether oxygens (including phenoxy) is 1. The van der Waals surface area contributed by atoms with Gasteiger partial charge in [0.25, 0.3) is 0 Å². The lowest BCUT2D eigenvalue weighted by Crippen LogP contribution is -2.08. The summed E-state index contributed by atoms with van der Waals surface area (Å²) in [7, 11) is 0. The van der Waals surface area contributed by atoms with Gasteiger partial charge in [0, 0.05) is 6.07 Å². The molecule has 4 nitrogen and oxygen atoms in total. The van der Waals surface area contributed by atoms with E-state index in [2.05, 4.69) is 9.69 Å². The first kappa shape index (κ1) is 15.7. The number of aromatic nitrogens is 1. The molecule has 1 N–H and O–H groups in total. The summed E-state index contributed by atoms with van der Waals surface area (Å²) in [4.78, 5) is 11.9. The number of aryl methyl sites for hydroxylation is 1. The van der Waals surface area contributed by atoms with Crippen LogP contribution in [-0.2, 0) is 4.74 Å². The molecule has 2 rings (SSSR count). The van der Waals surface area contributed by atoms with Crippen LogP contribution in [0.1, 0.15) is 23.0 Å². The SMILES string of the molecule is CCOC(=O)c1c(C)nsc1Nc1c(F)cc(F)cc1Cl. The number of esters is 1. The molecule has 0 radical (unpaired) electrons. The summed E-state index contributed by atoms with van der Waals surface area (Å²) in [6.45, 7) is 3.52. The van der Waals surface area contributed by atoms with Crippen LogP contribution in [0.5, 0.6) is 0 Å². The van der Waals surface area contributed by atoms with E-state index in [0.717, 1.165) is 17.6 Å². The van der Waals surface area contributed by atoms with Gasteiger partial charge in [0.2, 0.25) is 0 Å². The van der Waals surface area contributed by atoms with E-state index in [-0.39, 0.29) is 22.9 Å². The Morgan fingerprint density at radius 3 is 2.81 bits per heavy atom. The van der Waals surface area contributed by atoms with Crippen molar-refractivity contribution < 1.29 is 18.3 Å². The Morgan fingerprint density at radius 2 is 2.19 bits per heavy atom. The number of halogens is 3. The fraction of sp³-hybridized carbons (Fsp3) is 0.231. The highest BCUT2D eigenvalue weighted by Gasteiger charge is 2.21. The molecule has 0 fully saturated rings. The third-order valence-corrected chi connectivity index (χ3v) is 3.74. The van der Waals surface area contributed by atoms with Crippen molar-refractivity contribution in [3.05, 3.63) is 40.0 Å². The van der Waals surface area contributed by atoms with Crippen LogP contribution >= 0.6 is 23.1 Å². The van der Waals surface area contributed by atoms with Crippen LogP contribution in [0.25, 0.3) is 0 Å². The van der Waals surface area contributed by atoms with Gasteiger partial charge >= 0.3 is 5.97 Å². The number of benzene rings is 1. The Kier molecular flexibility index (Phi) is 4.74. The van der Waals surface area contributed by atoms with E-state index in [1.165, 1.54) is 0 Å². The van der Waals surface area contributed by atoms with Gasteiger partial charge in [0.05, 0.1) is 23.0 Å². The van der Waals surface area contributed by atoms with Gasteiger partial charge in [0.15, 0.2) is 5.82 Å². The Labute approximate surface area is 128 Å².